The molecular weight excluding hydrogens is 219 g/mol. The Kier molecular flexibility index (Phi) is 3.14. The number of ketones is 1. The Hall–Kier alpha value is -2.23. The Labute approximate surface area is 98.2 Å². The Morgan fingerprint density at radius 2 is 2.29 bits per heavy atom. The number of carbonyl (C=O) groups excluding carboxylic acids is 1. The number of halogens is 1. The predicted molar refractivity (Wildman–Crippen MR) is 63.0 cm³/mol. The Morgan fingerprint density at radius 1 is 1.47 bits per heavy atom. The number of carbonyl (C=O) groups is 1. The van der Waals surface area contributed by atoms with Crippen LogP contribution in [0.15, 0.2) is 42.7 Å². The minimum atomic E-state index is -0.319. The molecule has 1 aromatic heterocycles. The number of hydrogen-bond donors (Lipinski definition) is 0. The maximum Gasteiger partial charge on any atom is 0.189 e. The van der Waals surface area contributed by atoms with Crippen LogP contribution < -0.4 is 0 Å². The summed E-state index contributed by atoms with van der Waals surface area (Å²) in [7, 11) is 1.74. The fourth-order valence-corrected chi connectivity index (χ4v) is 1.43. The van der Waals surface area contributed by atoms with Gasteiger partial charge in [0.2, 0.25) is 0 Å². The molecule has 86 valence electrons. The lowest BCUT2D eigenvalue weighted by atomic mass is 10.1. The second-order valence-electron chi connectivity index (χ2n) is 3.66. The summed E-state index contributed by atoms with van der Waals surface area (Å²) in [5.74, 6) is -0.469. The number of aromatic nitrogens is 2. The van der Waals surface area contributed by atoms with Gasteiger partial charge in [-0.05, 0) is 23.8 Å². The summed E-state index contributed by atoms with van der Waals surface area (Å²) < 4.78 is 14.4. The molecule has 0 unspecified atom stereocenters. The number of aryl methyl sites for hydroxylation is 1. The highest BCUT2D eigenvalue weighted by molar-refractivity contribution is 6.06. The highest BCUT2D eigenvalue weighted by Gasteiger charge is 2.03. The fraction of sp³-hybridized carbons (Fsp3) is 0.0769. The van der Waals surface area contributed by atoms with Crippen molar-refractivity contribution >= 4 is 11.9 Å². The molecule has 0 aliphatic heterocycles. The van der Waals surface area contributed by atoms with Crippen molar-refractivity contribution in [1.29, 1.82) is 0 Å². The van der Waals surface area contributed by atoms with Gasteiger partial charge in [0, 0.05) is 13.2 Å². The van der Waals surface area contributed by atoms with E-state index in [9.17, 15) is 9.18 Å². The third kappa shape index (κ3) is 2.87. The van der Waals surface area contributed by atoms with Gasteiger partial charge in [0.1, 0.15) is 5.82 Å². The van der Waals surface area contributed by atoms with E-state index in [0.717, 1.165) is 0 Å². The van der Waals surface area contributed by atoms with Crippen molar-refractivity contribution in [3.05, 3.63) is 59.7 Å². The first kappa shape index (κ1) is 11.3. The number of hydrogen-bond acceptors (Lipinski definition) is 2. The van der Waals surface area contributed by atoms with Gasteiger partial charge in [0.15, 0.2) is 5.78 Å². The number of allylic oxidation sites excluding steroid dienone is 1. The van der Waals surface area contributed by atoms with E-state index in [1.165, 1.54) is 24.4 Å². The van der Waals surface area contributed by atoms with E-state index in [1.807, 2.05) is 0 Å². The first-order valence-corrected chi connectivity index (χ1v) is 5.12. The van der Waals surface area contributed by atoms with Crippen molar-refractivity contribution in [3.8, 4) is 0 Å². The van der Waals surface area contributed by atoms with Crippen LogP contribution in [0.4, 0.5) is 4.39 Å². The van der Waals surface area contributed by atoms with E-state index >= 15 is 0 Å². The molecule has 1 aromatic carbocycles. The number of rotatable bonds is 3. The zero-order valence-corrected chi connectivity index (χ0v) is 9.30. The molecule has 0 saturated carbocycles. The van der Waals surface area contributed by atoms with Crippen LogP contribution in [0.1, 0.15) is 15.9 Å². The molecule has 0 saturated heterocycles. The maximum absolute atomic E-state index is 12.9. The Morgan fingerprint density at radius 3 is 2.94 bits per heavy atom. The number of nitrogens with zero attached hydrogens (tertiary/aromatic N) is 2. The average Bonchev–Trinajstić information content (AvgIpc) is 2.73. The zero-order chi connectivity index (χ0) is 12.3. The van der Waals surface area contributed by atoms with Gasteiger partial charge in [0.25, 0.3) is 0 Å². The molecule has 2 aromatic rings. The van der Waals surface area contributed by atoms with Crippen molar-refractivity contribution in [2.75, 3.05) is 0 Å². The summed E-state index contributed by atoms with van der Waals surface area (Å²) in [4.78, 5) is 11.7. The second kappa shape index (κ2) is 4.74. The van der Waals surface area contributed by atoms with Gasteiger partial charge in [-0.1, -0.05) is 18.2 Å². The fourth-order valence-electron chi connectivity index (χ4n) is 1.43. The van der Waals surface area contributed by atoms with Gasteiger partial charge < -0.3 is 0 Å². The lowest BCUT2D eigenvalue weighted by molar-refractivity contribution is 0.104. The van der Waals surface area contributed by atoms with Crippen LogP contribution in [0.25, 0.3) is 6.08 Å². The first-order chi connectivity index (χ1) is 8.15. The van der Waals surface area contributed by atoms with Crippen molar-refractivity contribution in [3.63, 3.8) is 0 Å². The summed E-state index contributed by atoms with van der Waals surface area (Å²) in [6.07, 6.45) is 6.13. The molecule has 0 aliphatic rings. The van der Waals surface area contributed by atoms with Gasteiger partial charge >= 0.3 is 0 Å². The van der Waals surface area contributed by atoms with Gasteiger partial charge in [-0.3, -0.25) is 9.48 Å². The summed E-state index contributed by atoms with van der Waals surface area (Å²) in [5.41, 5.74) is 1.17. The molecule has 0 spiro atoms. The van der Waals surface area contributed by atoms with Gasteiger partial charge in [-0.25, -0.2) is 4.39 Å². The topological polar surface area (TPSA) is 34.9 Å². The molecule has 0 aliphatic carbocycles. The highest BCUT2D eigenvalue weighted by atomic mass is 19.1. The molecular formula is C13H11FN2O. The lowest BCUT2D eigenvalue weighted by Crippen LogP contribution is -1.91. The normalized spacial score (nSPS) is 10.9. The third-order valence-corrected chi connectivity index (χ3v) is 2.27. The van der Waals surface area contributed by atoms with E-state index < -0.39 is 0 Å². The van der Waals surface area contributed by atoms with Crippen LogP contribution in [0.2, 0.25) is 0 Å². The lowest BCUT2D eigenvalue weighted by Gasteiger charge is -1.92. The molecule has 3 nitrogen and oxygen atoms in total. The molecule has 0 atom stereocenters. The molecule has 17 heavy (non-hydrogen) atoms. The van der Waals surface area contributed by atoms with E-state index in [1.54, 1.807) is 36.1 Å². The maximum atomic E-state index is 12.9. The van der Waals surface area contributed by atoms with Crippen molar-refractivity contribution in [2.45, 2.75) is 0 Å². The minimum Gasteiger partial charge on any atom is -0.289 e. The van der Waals surface area contributed by atoms with Gasteiger partial charge in [-0.15, -0.1) is 0 Å². The van der Waals surface area contributed by atoms with Crippen molar-refractivity contribution in [1.82, 2.24) is 9.78 Å². The van der Waals surface area contributed by atoms with Crippen molar-refractivity contribution < 1.29 is 9.18 Å². The second-order valence-corrected chi connectivity index (χ2v) is 3.66. The Balaban J connectivity index is 2.13. The molecule has 0 N–H and O–H groups in total. The summed E-state index contributed by atoms with van der Waals surface area (Å²) in [5, 5.41) is 3.91. The average molecular weight is 230 g/mol. The standard InChI is InChI=1S/C13H11FN2O/c1-16-9-11(8-15-16)13(17)6-5-10-3-2-4-12(14)7-10/h2-9H,1H3. The molecule has 0 amide bonds. The van der Waals surface area contributed by atoms with Gasteiger partial charge in [0.05, 0.1) is 11.8 Å². The minimum absolute atomic E-state index is 0.151. The highest BCUT2D eigenvalue weighted by Crippen LogP contribution is 2.07. The van der Waals surface area contributed by atoms with Crippen LogP contribution >= 0.6 is 0 Å². The van der Waals surface area contributed by atoms with E-state index in [2.05, 4.69) is 5.10 Å². The van der Waals surface area contributed by atoms with E-state index in [0.29, 0.717) is 11.1 Å². The molecule has 2 rings (SSSR count). The number of benzene rings is 1. The quantitative estimate of drug-likeness (QED) is 0.599. The monoisotopic (exact) mass is 230 g/mol. The van der Waals surface area contributed by atoms with Gasteiger partial charge in [-0.2, -0.15) is 5.10 Å². The summed E-state index contributed by atoms with van der Waals surface area (Å²) in [6.45, 7) is 0. The SMILES string of the molecule is Cn1cc(C(=O)C=Cc2cccc(F)c2)cn1. The van der Waals surface area contributed by atoms with E-state index in [-0.39, 0.29) is 11.6 Å². The van der Waals surface area contributed by atoms with Crippen LogP contribution in [0.5, 0.6) is 0 Å². The predicted octanol–water partition coefficient (Wildman–Crippen LogP) is 2.46. The molecule has 0 bridgehead atoms. The molecule has 4 heteroatoms. The largest absolute Gasteiger partial charge is 0.289 e. The molecule has 0 fully saturated rings. The van der Waals surface area contributed by atoms with E-state index in [4.69, 9.17) is 0 Å². The molecule has 0 radical (unpaired) electrons. The smallest absolute Gasteiger partial charge is 0.189 e. The summed E-state index contributed by atoms with van der Waals surface area (Å²) in [6, 6.07) is 6.06. The Bertz CT molecular complexity index is 572. The van der Waals surface area contributed by atoms with Crippen molar-refractivity contribution in [2.24, 2.45) is 7.05 Å². The van der Waals surface area contributed by atoms with Crippen LogP contribution in [-0.2, 0) is 7.05 Å². The molecule has 1 heterocycles. The van der Waals surface area contributed by atoms with Crippen LogP contribution in [-0.4, -0.2) is 15.6 Å². The van der Waals surface area contributed by atoms with Crippen LogP contribution in [0, 0.1) is 5.82 Å². The third-order valence-electron chi connectivity index (χ3n) is 2.27. The van der Waals surface area contributed by atoms with Crippen LogP contribution in [0.3, 0.4) is 0 Å². The zero-order valence-electron chi connectivity index (χ0n) is 9.30. The first-order valence-electron chi connectivity index (χ1n) is 5.12. The summed E-state index contributed by atoms with van der Waals surface area (Å²) >= 11 is 0.